The number of H-pyrrole nitrogens is 1. The van der Waals surface area contributed by atoms with Crippen molar-refractivity contribution in [3.63, 3.8) is 0 Å². The van der Waals surface area contributed by atoms with Gasteiger partial charge in [-0.2, -0.15) is 0 Å². The highest BCUT2D eigenvalue weighted by molar-refractivity contribution is 5.85. The molecule has 2 atom stereocenters. The molecule has 0 saturated carbocycles. The number of fused-ring (bicyclic) bond motifs is 3. The third-order valence-corrected chi connectivity index (χ3v) is 5.17. The lowest BCUT2D eigenvalue weighted by molar-refractivity contribution is -0.141. The number of amides is 1. The van der Waals surface area contributed by atoms with Gasteiger partial charge in [0.05, 0.1) is 0 Å². The summed E-state index contributed by atoms with van der Waals surface area (Å²) >= 11 is 0. The Hall–Kier alpha value is -1.81. The summed E-state index contributed by atoms with van der Waals surface area (Å²) < 4.78 is 5.55. The molecule has 1 N–H and O–H groups in total. The first-order valence-corrected chi connectivity index (χ1v) is 8.21. The summed E-state index contributed by atoms with van der Waals surface area (Å²) in [6, 6.07) is 8.73. The highest BCUT2D eigenvalue weighted by Gasteiger charge is 2.32. The number of aryl methyl sites for hydroxylation is 1. The fraction of sp³-hybridized carbons (Fsp3) is 0.500. The molecular formula is C18H22N2O2. The molecule has 1 amide bonds. The Morgan fingerprint density at radius 3 is 3.00 bits per heavy atom. The van der Waals surface area contributed by atoms with Crippen LogP contribution in [0, 0.1) is 0 Å². The maximum absolute atomic E-state index is 12.6. The van der Waals surface area contributed by atoms with E-state index in [1.807, 2.05) is 11.9 Å². The number of aromatic nitrogens is 1. The normalized spacial score (nSPS) is 24.4. The molecule has 2 heterocycles. The number of hydrogen-bond donors (Lipinski definition) is 1. The summed E-state index contributed by atoms with van der Waals surface area (Å²) in [5.41, 5.74) is 3.94. The molecule has 1 aromatic carbocycles. The Morgan fingerprint density at radius 1 is 1.32 bits per heavy atom. The number of aromatic amines is 1. The van der Waals surface area contributed by atoms with Crippen LogP contribution in [0.15, 0.2) is 24.3 Å². The molecule has 1 saturated heterocycles. The van der Waals surface area contributed by atoms with Crippen molar-refractivity contribution in [2.24, 2.45) is 0 Å². The minimum Gasteiger partial charge on any atom is -0.368 e. The molecule has 0 bridgehead atoms. The van der Waals surface area contributed by atoms with E-state index in [2.05, 4.69) is 29.2 Å². The quantitative estimate of drug-likeness (QED) is 0.926. The van der Waals surface area contributed by atoms with E-state index < -0.39 is 0 Å². The largest absolute Gasteiger partial charge is 0.368 e. The van der Waals surface area contributed by atoms with Crippen LogP contribution in [0.4, 0.5) is 0 Å². The van der Waals surface area contributed by atoms with Gasteiger partial charge in [-0.15, -0.1) is 0 Å². The van der Waals surface area contributed by atoms with Gasteiger partial charge < -0.3 is 14.6 Å². The summed E-state index contributed by atoms with van der Waals surface area (Å²) in [5, 5.41) is 1.31. The second-order valence-corrected chi connectivity index (χ2v) is 6.48. The standard InChI is InChI=1S/C18H22N2O2/c1-20(18(21)17-7-4-10-22-17)12-8-9-16-14(11-12)13-5-2-3-6-15(13)19-16/h2-3,5-6,12,17,19H,4,7-11H2,1H3. The summed E-state index contributed by atoms with van der Waals surface area (Å²) in [6.45, 7) is 0.724. The fourth-order valence-corrected chi connectivity index (χ4v) is 3.86. The number of rotatable bonds is 2. The van der Waals surface area contributed by atoms with Crippen molar-refractivity contribution < 1.29 is 9.53 Å². The predicted octanol–water partition coefficient (Wildman–Crippen LogP) is 2.66. The Morgan fingerprint density at radius 2 is 2.18 bits per heavy atom. The lowest BCUT2D eigenvalue weighted by atomic mass is 9.90. The molecule has 1 aliphatic carbocycles. The van der Waals surface area contributed by atoms with Gasteiger partial charge in [-0.1, -0.05) is 18.2 Å². The smallest absolute Gasteiger partial charge is 0.251 e. The van der Waals surface area contributed by atoms with Crippen LogP contribution in [0.25, 0.3) is 10.9 Å². The molecule has 2 aromatic rings. The van der Waals surface area contributed by atoms with Gasteiger partial charge in [-0.25, -0.2) is 0 Å². The summed E-state index contributed by atoms with van der Waals surface area (Å²) in [7, 11) is 1.94. The van der Waals surface area contributed by atoms with E-state index in [4.69, 9.17) is 4.74 Å². The first kappa shape index (κ1) is 13.8. The van der Waals surface area contributed by atoms with Gasteiger partial charge in [-0.05, 0) is 43.7 Å². The molecule has 2 aliphatic rings. The van der Waals surface area contributed by atoms with E-state index in [-0.39, 0.29) is 18.1 Å². The third kappa shape index (κ3) is 2.22. The number of nitrogens with zero attached hydrogens (tertiary/aromatic N) is 1. The van der Waals surface area contributed by atoms with Gasteiger partial charge in [0.1, 0.15) is 6.10 Å². The lowest BCUT2D eigenvalue weighted by Crippen LogP contribution is -2.45. The van der Waals surface area contributed by atoms with Gasteiger partial charge in [0.15, 0.2) is 0 Å². The van der Waals surface area contributed by atoms with Crippen LogP contribution in [0.3, 0.4) is 0 Å². The van der Waals surface area contributed by atoms with Crippen LogP contribution in [-0.2, 0) is 22.4 Å². The van der Waals surface area contributed by atoms with Gasteiger partial charge in [-0.3, -0.25) is 4.79 Å². The van der Waals surface area contributed by atoms with Crippen LogP contribution in [0.1, 0.15) is 30.5 Å². The molecule has 0 radical (unpaired) electrons. The van der Waals surface area contributed by atoms with Crippen molar-refractivity contribution in [1.82, 2.24) is 9.88 Å². The Bertz CT molecular complexity index is 700. The van der Waals surface area contributed by atoms with Crippen molar-refractivity contribution in [1.29, 1.82) is 0 Å². The number of benzene rings is 1. The fourth-order valence-electron chi connectivity index (χ4n) is 3.86. The Balaban J connectivity index is 1.57. The van der Waals surface area contributed by atoms with E-state index in [0.29, 0.717) is 0 Å². The number of likely N-dealkylation sites (N-methyl/N-ethyl adjacent to an activating group) is 1. The van der Waals surface area contributed by atoms with Gasteiger partial charge >= 0.3 is 0 Å². The number of carbonyl (C=O) groups excluding carboxylic acids is 1. The number of hydrogen-bond acceptors (Lipinski definition) is 2. The average Bonchev–Trinajstić information content (AvgIpc) is 3.20. The molecule has 1 aliphatic heterocycles. The summed E-state index contributed by atoms with van der Waals surface area (Å²) in [5.74, 6) is 0.158. The van der Waals surface area contributed by atoms with E-state index in [0.717, 1.165) is 38.7 Å². The van der Waals surface area contributed by atoms with Gasteiger partial charge in [0, 0.05) is 36.3 Å². The van der Waals surface area contributed by atoms with E-state index in [1.165, 1.54) is 22.2 Å². The average molecular weight is 298 g/mol. The molecule has 1 aromatic heterocycles. The van der Waals surface area contributed by atoms with Crippen LogP contribution in [-0.4, -0.2) is 41.6 Å². The number of carbonyl (C=O) groups is 1. The zero-order chi connectivity index (χ0) is 15.1. The van der Waals surface area contributed by atoms with Crippen molar-refractivity contribution in [2.75, 3.05) is 13.7 Å². The molecule has 116 valence electrons. The topological polar surface area (TPSA) is 45.3 Å². The summed E-state index contributed by atoms with van der Waals surface area (Å²) in [4.78, 5) is 18.0. The molecule has 22 heavy (non-hydrogen) atoms. The second-order valence-electron chi connectivity index (χ2n) is 6.48. The van der Waals surface area contributed by atoms with Crippen molar-refractivity contribution >= 4 is 16.8 Å². The summed E-state index contributed by atoms with van der Waals surface area (Å²) in [6.07, 6.45) is 4.63. The number of para-hydroxylation sites is 1. The van der Waals surface area contributed by atoms with Crippen LogP contribution in [0.2, 0.25) is 0 Å². The monoisotopic (exact) mass is 298 g/mol. The zero-order valence-corrected chi connectivity index (χ0v) is 13.0. The van der Waals surface area contributed by atoms with Crippen LogP contribution < -0.4 is 0 Å². The third-order valence-electron chi connectivity index (χ3n) is 5.17. The van der Waals surface area contributed by atoms with Crippen molar-refractivity contribution in [3.8, 4) is 0 Å². The molecule has 4 nitrogen and oxygen atoms in total. The SMILES string of the molecule is CN(C(=O)C1CCCO1)C1CCc2[nH]c3ccccc3c2C1. The van der Waals surface area contributed by atoms with E-state index in [9.17, 15) is 4.79 Å². The first-order valence-electron chi connectivity index (χ1n) is 8.21. The van der Waals surface area contributed by atoms with Crippen LogP contribution >= 0.6 is 0 Å². The predicted molar refractivity (Wildman–Crippen MR) is 85.9 cm³/mol. The van der Waals surface area contributed by atoms with Crippen molar-refractivity contribution in [3.05, 3.63) is 35.5 Å². The molecular weight excluding hydrogens is 276 g/mol. The zero-order valence-electron chi connectivity index (χ0n) is 13.0. The minimum atomic E-state index is -0.214. The second kappa shape index (κ2) is 5.43. The highest BCUT2D eigenvalue weighted by atomic mass is 16.5. The highest BCUT2D eigenvalue weighted by Crippen LogP contribution is 2.31. The van der Waals surface area contributed by atoms with Crippen molar-refractivity contribution in [2.45, 2.75) is 44.2 Å². The van der Waals surface area contributed by atoms with E-state index in [1.54, 1.807) is 0 Å². The molecule has 4 rings (SSSR count). The minimum absolute atomic E-state index is 0.158. The maximum atomic E-state index is 12.6. The molecule has 4 heteroatoms. The Kier molecular flexibility index (Phi) is 3.41. The molecule has 0 spiro atoms. The van der Waals surface area contributed by atoms with Crippen LogP contribution in [0.5, 0.6) is 0 Å². The first-order chi connectivity index (χ1) is 10.7. The molecule has 1 fully saturated rings. The number of ether oxygens (including phenoxy) is 1. The molecule has 2 unspecified atom stereocenters. The Labute approximate surface area is 130 Å². The van der Waals surface area contributed by atoms with Gasteiger partial charge in [0.2, 0.25) is 0 Å². The van der Waals surface area contributed by atoms with Gasteiger partial charge in [0.25, 0.3) is 5.91 Å². The number of nitrogens with one attached hydrogen (secondary N) is 1. The van der Waals surface area contributed by atoms with E-state index >= 15 is 0 Å². The lowest BCUT2D eigenvalue weighted by Gasteiger charge is -2.32. The maximum Gasteiger partial charge on any atom is 0.251 e.